The molecule has 0 saturated heterocycles. The van der Waals surface area contributed by atoms with Crippen LogP contribution in [-0.2, 0) is 16.0 Å². The maximum absolute atomic E-state index is 11.3. The zero-order chi connectivity index (χ0) is 18.5. The Hall–Kier alpha value is -3.00. The van der Waals surface area contributed by atoms with Crippen LogP contribution in [0.2, 0.25) is 0 Å². The van der Waals surface area contributed by atoms with Crippen LogP contribution in [-0.4, -0.2) is 46.0 Å². The number of methoxy groups -OCH3 is 1. The highest BCUT2D eigenvalue weighted by Crippen LogP contribution is 2.24. The lowest BCUT2D eigenvalue weighted by molar-refractivity contribution is -0.114. The third kappa shape index (κ3) is 3.80. The number of carbonyl (C=O) groups is 1. The van der Waals surface area contributed by atoms with Gasteiger partial charge in [0.1, 0.15) is 12.4 Å². The van der Waals surface area contributed by atoms with Gasteiger partial charge in [-0.25, -0.2) is 9.67 Å². The molecule has 3 aromatic heterocycles. The number of amides is 1. The summed E-state index contributed by atoms with van der Waals surface area (Å²) < 4.78 is 12.3. The molecule has 0 aliphatic heterocycles. The first-order valence-electron chi connectivity index (χ1n) is 8.36. The van der Waals surface area contributed by atoms with E-state index in [-0.39, 0.29) is 5.91 Å². The van der Waals surface area contributed by atoms with Gasteiger partial charge in [0.2, 0.25) is 11.8 Å². The number of aromatic nitrogens is 4. The molecule has 0 spiro atoms. The van der Waals surface area contributed by atoms with E-state index in [1.165, 1.54) is 6.92 Å². The van der Waals surface area contributed by atoms with Crippen molar-refractivity contribution < 1.29 is 14.3 Å². The molecule has 1 amide bonds. The predicted molar refractivity (Wildman–Crippen MR) is 97.7 cm³/mol. The first-order valence-corrected chi connectivity index (χ1v) is 8.36. The topological polar surface area (TPSA) is 91.2 Å². The number of fused-ring (bicyclic) bond motifs is 1. The highest BCUT2D eigenvalue weighted by Gasteiger charge is 2.14. The summed E-state index contributed by atoms with van der Waals surface area (Å²) in [7, 11) is 1.62. The zero-order valence-corrected chi connectivity index (χ0v) is 15.0. The van der Waals surface area contributed by atoms with Crippen molar-refractivity contribution in [2.45, 2.75) is 20.3 Å². The molecule has 0 bridgehead atoms. The summed E-state index contributed by atoms with van der Waals surface area (Å²) in [6.45, 7) is 4.39. The van der Waals surface area contributed by atoms with Crippen LogP contribution in [0.25, 0.3) is 16.7 Å². The molecular formula is C18H21N5O3. The van der Waals surface area contributed by atoms with E-state index in [1.54, 1.807) is 30.1 Å². The molecule has 0 fully saturated rings. The van der Waals surface area contributed by atoms with E-state index in [0.29, 0.717) is 30.7 Å². The number of ether oxygens (including phenoxy) is 2. The summed E-state index contributed by atoms with van der Waals surface area (Å²) in [4.78, 5) is 20.1. The van der Waals surface area contributed by atoms with E-state index >= 15 is 0 Å². The molecule has 3 aromatic rings. The Bertz CT molecular complexity index is 922. The van der Waals surface area contributed by atoms with Gasteiger partial charge in [0.25, 0.3) is 0 Å². The van der Waals surface area contributed by atoms with E-state index in [0.717, 1.165) is 23.0 Å². The highest BCUT2D eigenvalue weighted by atomic mass is 16.5. The monoisotopic (exact) mass is 355 g/mol. The van der Waals surface area contributed by atoms with E-state index in [9.17, 15) is 4.79 Å². The minimum atomic E-state index is -0.176. The number of hydrogen-bond acceptors (Lipinski definition) is 6. The van der Waals surface area contributed by atoms with Gasteiger partial charge in [0.15, 0.2) is 5.82 Å². The maximum Gasteiger partial charge on any atom is 0.222 e. The fraction of sp³-hybridized carbons (Fsp3) is 0.333. The third-order valence-electron chi connectivity index (χ3n) is 3.74. The molecule has 0 saturated carbocycles. The Morgan fingerprint density at radius 2 is 2.15 bits per heavy atom. The Balaban J connectivity index is 2.03. The third-order valence-corrected chi connectivity index (χ3v) is 3.74. The molecule has 3 rings (SSSR count). The van der Waals surface area contributed by atoms with E-state index in [4.69, 9.17) is 9.47 Å². The molecule has 3 heterocycles. The summed E-state index contributed by atoms with van der Waals surface area (Å²) >= 11 is 0. The molecule has 8 heteroatoms. The zero-order valence-electron chi connectivity index (χ0n) is 15.0. The van der Waals surface area contributed by atoms with Crippen molar-refractivity contribution in [1.82, 2.24) is 19.7 Å². The van der Waals surface area contributed by atoms with Gasteiger partial charge in [-0.15, -0.1) is 0 Å². The van der Waals surface area contributed by atoms with Crippen molar-refractivity contribution in [1.29, 1.82) is 0 Å². The molecule has 26 heavy (non-hydrogen) atoms. The second-order valence-electron chi connectivity index (χ2n) is 5.66. The fourth-order valence-electron chi connectivity index (χ4n) is 2.59. The van der Waals surface area contributed by atoms with Gasteiger partial charge < -0.3 is 14.8 Å². The molecule has 0 radical (unpaired) electrons. The van der Waals surface area contributed by atoms with Crippen molar-refractivity contribution in [3.8, 4) is 11.7 Å². The molecule has 136 valence electrons. The fourth-order valence-corrected chi connectivity index (χ4v) is 2.59. The quantitative estimate of drug-likeness (QED) is 0.654. The van der Waals surface area contributed by atoms with Gasteiger partial charge in [-0.05, 0) is 12.5 Å². The van der Waals surface area contributed by atoms with Gasteiger partial charge in [-0.1, -0.05) is 13.0 Å². The number of aryl methyl sites for hydroxylation is 1. The normalized spacial score (nSPS) is 10.9. The van der Waals surface area contributed by atoms with Crippen LogP contribution >= 0.6 is 0 Å². The summed E-state index contributed by atoms with van der Waals surface area (Å²) in [5.41, 5.74) is 1.73. The van der Waals surface area contributed by atoms with Crippen LogP contribution in [0.1, 0.15) is 19.5 Å². The SMILES string of the molecule is CCc1nn(-c2cccc(OCCOC)n2)c2cc(NC(C)=O)ncc12. The minimum Gasteiger partial charge on any atom is -0.475 e. The first-order chi connectivity index (χ1) is 12.6. The van der Waals surface area contributed by atoms with Crippen LogP contribution in [0.15, 0.2) is 30.5 Å². The lowest BCUT2D eigenvalue weighted by atomic mass is 10.2. The van der Waals surface area contributed by atoms with Gasteiger partial charge in [0.05, 0.1) is 17.8 Å². The summed E-state index contributed by atoms with van der Waals surface area (Å²) in [5.74, 6) is 1.42. The number of rotatable bonds is 7. The number of nitrogens with zero attached hydrogens (tertiary/aromatic N) is 4. The number of pyridine rings is 2. The van der Waals surface area contributed by atoms with Crippen LogP contribution in [0.4, 0.5) is 5.82 Å². The van der Waals surface area contributed by atoms with Crippen molar-refractivity contribution in [2.75, 3.05) is 25.6 Å². The van der Waals surface area contributed by atoms with E-state index in [2.05, 4.69) is 20.4 Å². The summed E-state index contributed by atoms with van der Waals surface area (Å²) in [6, 6.07) is 7.30. The Morgan fingerprint density at radius 3 is 2.88 bits per heavy atom. The highest BCUT2D eigenvalue weighted by molar-refractivity contribution is 5.91. The molecular weight excluding hydrogens is 334 g/mol. The second kappa shape index (κ2) is 7.92. The van der Waals surface area contributed by atoms with Crippen molar-refractivity contribution in [3.05, 3.63) is 36.2 Å². The predicted octanol–water partition coefficient (Wildman–Crippen LogP) is 2.36. The van der Waals surface area contributed by atoms with Crippen LogP contribution < -0.4 is 10.1 Å². The number of anilines is 1. The van der Waals surface area contributed by atoms with Crippen LogP contribution in [0.3, 0.4) is 0 Å². The Morgan fingerprint density at radius 1 is 1.31 bits per heavy atom. The summed E-state index contributed by atoms with van der Waals surface area (Å²) in [6.07, 6.45) is 2.48. The Labute approximate surface area is 151 Å². The van der Waals surface area contributed by atoms with Gasteiger partial charge in [-0.2, -0.15) is 10.1 Å². The first kappa shape index (κ1) is 17.8. The Kier molecular flexibility index (Phi) is 5.43. The molecule has 0 atom stereocenters. The number of carbonyl (C=O) groups excluding carboxylic acids is 1. The molecule has 0 aliphatic rings. The molecule has 8 nitrogen and oxygen atoms in total. The standard InChI is InChI=1S/C18H21N5O3/c1-4-14-13-11-19-16(20-12(2)24)10-15(13)23(22-14)17-6-5-7-18(21-17)26-9-8-25-3/h5-7,10-11H,4,8-9H2,1-3H3,(H,19,20,24). The van der Waals surface area contributed by atoms with E-state index in [1.807, 2.05) is 19.1 Å². The second-order valence-corrected chi connectivity index (χ2v) is 5.66. The van der Waals surface area contributed by atoms with Crippen LogP contribution in [0, 0.1) is 0 Å². The lowest BCUT2D eigenvalue weighted by Gasteiger charge is -2.08. The average Bonchev–Trinajstić information content (AvgIpc) is 3.00. The molecule has 0 aromatic carbocycles. The minimum absolute atomic E-state index is 0.176. The molecule has 1 N–H and O–H groups in total. The van der Waals surface area contributed by atoms with Crippen LogP contribution in [0.5, 0.6) is 5.88 Å². The maximum atomic E-state index is 11.3. The number of nitrogens with one attached hydrogen (secondary N) is 1. The number of hydrogen-bond donors (Lipinski definition) is 1. The average molecular weight is 355 g/mol. The van der Waals surface area contributed by atoms with Gasteiger partial charge in [0, 0.05) is 37.7 Å². The molecule has 0 unspecified atom stereocenters. The summed E-state index contributed by atoms with van der Waals surface area (Å²) in [5, 5.41) is 8.28. The lowest BCUT2D eigenvalue weighted by Crippen LogP contribution is -2.08. The van der Waals surface area contributed by atoms with E-state index < -0.39 is 0 Å². The smallest absolute Gasteiger partial charge is 0.222 e. The largest absolute Gasteiger partial charge is 0.475 e. The van der Waals surface area contributed by atoms with Gasteiger partial charge >= 0.3 is 0 Å². The van der Waals surface area contributed by atoms with Crippen molar-refractivity contribution in [3.63, 3.8) is 0 Å². The van der Waals surface area contributed by atoms with Gasteiger partial charge in [-0.3, -0.25) is 4.79 Å². The molecule has 0 aliphatic carbocycles. The van der Waals surface area contributed by atoms with Crippen molar-refractivity contribution >= 4 is 22.6 Å². The van der Waals surface area contributed by atoms with Crippen molar-refractivity contribution in [2.24, 2.45) is 0 Å².